The first kappa shape index (κ1) is 22.6. The maximum absolute atomic E-state index is 5.26. The highest BCUT2D eigenvalue weighted by Gasteiger charge is 2.19. The fourth-order valence-electron chi connectivity index (χ4n) is 3.77. The van der Waals surface area contributed by atoms with Crippen molar-refractivity contribution in [2.75, 3.05) is 12.4 Å². The van der Waals surface area contributed by atoms with E-state index in [1.165, 1.54) is 27.1 Å². The van der Waals surface area contributed by atoms with E-state index in [1.807, 2.05) is 0 Å². The third-order valence-electron chi connectivity index (χ3n) is 5.18. The number of nitrogens with one attached hydrogen (secondary N) is 1. The van der Waals surface area contributed by atoms with Crippen molar-refractivity contribution in [3.8, 4) is 22.4 Å². The molecule has 1 N–H and O–H groups in total. The summed E-state index contributed by atoms with van der Waals surface area (Å²) in [7, 11) is 1.61. The Balaban J connectivity index is 0.00000231. The fraction of sp³-hybridized carbons (Fsp3) is 0.130. The molecule has 0 atom stereocenters. The zero-order valence-electron chi connectivity index (χ0n) is 16.7. The number of aromatic nitrogens is 1. The predicted molar refractivity (Wildman–Crippen MR) is 145 cm³/mol. The summed E-state index contributed by atoms with van der Waals surface area (Å²) in [5.41, 5.74) is 8.48. The molecule has 0 amide bonds. The van der Waals surface area contributed by atoms with Crippen LogP contribution in [0.5, 0.6) is 0 Å². The molecule has 0 saturated heterocycles. The number of hydrogen-bond donors (Lipinski definition) is 1. The number of thiophene rings is 1. The summed E-state index contributed by atoms with van der Waals surface area (Å²) in [6, 6.07) is 15.1. The molecule has 2 aromatic heterocycles. The van der Waals surface area contributed by atoms with Crippen molar-refractivity contribution >= 4 is 83.7 Å². The third-order valence-corrected chi connectivity index (χ3v) is 8.00. The molecule has 1 aliphatic carbocycles. The molecule has 5 rings (SSSR count). The second kappa shape index (κ2) is 9.11. The zero-order chi connectivity index (χ0) is 20.8. The Hall–Kier alpha value is -1.58. The van der Waals surface area contributed by atoms with Crippen molar-refractivity contribution in [3.05, 3.63) is 73.2 Å². The van der Waals surface area contributed by atoms with Gasteiger partial charge < -0.3 is 10.1 Å². The lowest BCUT2D eigenvalue weighted by molar-refractivity contribution is 0.417. The van der Waals surface area contributed by atoms with Crippen molar-refractivity contribution in [3.63, 3.8) is 0 Å². The molecule has 1 aliphatic rings. The number of fused-ring (bicyclic) bond motifs is 3. The number of ether oxygens (including phenoxy) is 1. The van der Waals surface area contributed by atoms with Gasteiger partial charge in [0.05, 0.1) is 17.7 Å². The highest BCUT2D eigenvalue weighted by atomic mass is 79.9. The van der Waals surface area contributed by atoms with Crippen molar-refractivity contribution in [2.24, 2.45) is 0 Å². The fourth-order valence-corrected chi connectivity index (χ4v) is 6.04. The molecule has 0 radical (unpaired) electrons. The Labute approximate surface area is 213 Å². The van der Waals surface area contributed by atoms with E-state index < -0.39 is 0 Å². The van der Waals surface area contributed by atoms with Crippen LogP contribution < -0.4 is 5.32 Å². The van der Waals surface area contributed by atoms with Gasteiger partial charge in [0.1, 0.15) is 0 Å². The maximum atomic E-state index is 5.26. The van der Waals surface area contributed by atoms with Gasteiger partial charge in [-0.3, -0.25) is 0 Å². The number of thiazole rings is 1. The standard InChI is InChI=1S/C23H17BrN2OS3.BrH/c1-12-19(10-21(30-12)22(28)27-2)20-11-29-23(26-20)25-16-4-6-18-14(9-16)7-13-8-15(24)3-5-17(13)18;/h3-6,8-11H,7H2,1-2H3,(H,25,26);1H. The van der Waals surface area contributed by atoms with Crippen LogP contribution in [0.2, 0.25) is 0 Å². The molecule has 2 aromatic carbocycles. The molecule has 3 nitrogen and oxygen atoms in total. The van der Waals surface area contributed by atoms with Crippen molar-refractivity contribution in [1.82, 2.24) is 4.98 Å². The van der Waals surface area contributed by atoms with Crippen molar-refractivity contribution in [1.29, 1.82) is 0 Å². The molecule has 0 fully saturated rings. The van der Waals surface area contributed by atoms with Crippen LogP contribution in [0.4, 0.5) is 10.8 Å². The zero-order valence-corrected chi connectivity index (χ0v) is 22.4. The highest BCUT2D eigenvalue weighted by molar-refractivity contribution is 9.10. The molecule has 4 aromatic rings. The first-order chi connectivity index (χ1) is 14.5. The van der Waals surface area contributed by atoms with Crippen LogP contribution in [-0.2, 0) is 11.2 Å². The Morgan fingerprint density at radius 2 is 1.84 bits per heavy atom. The van der Waals surface area contributed by atoms with Gasteiger partial charge in [-0.2, -0.15) is 0 Å². The summed E-state index contributed by atoms with van der Waals surface area (Å²) in [5.74, 6) is 0. The molecule has 2 heterocycles. The van der Waals surface area contributed by atoms with E-state index in [0.29, 0.717) is 5.05 Å². The number of nitrogens with zero attached hydrogens (tertiary/aromatic N) is 1. The number of rotatable bonds is 4. The Morgan fingerprint density at radius 3 is 2.61 bits per heavy atom. The summed E-state index contributed by atoms with van der Waals surface area (Å²) in [5, 5.41) is 6.96. The molecule has 0 saturated carbocycles. The number of thiocarbonyl (C=S) groups is 1. The summed E-state index contributed by atoms with van der Waals surface area (Å²) < 4.78 is 6.33. The Kier molecular flexibility index (Phi) is 6.65. The molecule has 158 valence electrons. The molecule has 0 unspecified atom stereocenters. The van der Waals surface area contributed by atoms with E-state index in [9.17, 15) is 0 Å². The summed E-state index contributed by atoms with van der Waals surface area (Å²) in [6.45, 7) is 2.09. The number of hydrogen-bond acceptors (Lipinski definition) is 6. The van der Waals surface area contributed by atoms with E-state index in [2.05, 4.69) is 76.0 Å². The average Bonchev–Trinajstić information content (AvgIpc) is 3.43. The van der Waals surface area contributed by atoms with Gasteiger partial charge in [0.2, 0.25) is 5.05 Å². The van der Waals surface area contributed by atoms with Crippen LogP contribution in [-0.4, -0.2) is 17.1 Å². The Bertz CT molecular complexity index is 1300. The summed E-state index contributed by atoms with van der Waals surface area (Å²) in [6.07, 6.45) is 0.957. The van der Waals surface area contributed by atoms with Crippen molar-refractivity contribution in [2.45, 2.75) is 13.3 Å². The van der Waals surface area contributed by atoms with E-state index in [1.54, 1.807) is 29.8 Å². The van der Waals surface area contributed by atoms with Gasteiger partial charge >= 0.3 is 0 Å². The molecule has 8 heteroatoms. The minimum absolute atomic E-state index is 0. The van der Waals surface area contributed by atoms with Gasteiger partial charge in [-0.1, -0.05) is 28.1 Å². The lowest BCUT2D eigenvalue weighted by Gasteiger charge is -2.06. The van der Waals surface area contributed by atoms with Crippen molar-refractivity contribution < 1.29 is 4.74 Å². The largest absolute Gasteiger partial charge is 0.486 e. The van der Waals surface area contributed by atoms with E-state index in [-0.39, 0.29) is 17.0 Å². The molecular weight excluding hydrogens is 576 g/mol. The second-order valence-corrected chi connectivity index (χ2v) is 10.5. The van der Waals surface area contributed by atoms with Crippen LogP contribution >= 0.6 is 67.8 Å². The summed E-state index contributed by atoms with van der Waals surface area (Å²) >= 11 is 12.1. The minimum atomic E-state index is 0. The van der Waals surface area contributed by atoms with Crippen LogP contribution in [0, 0.1) is 6.92 Å². The number of methoxy groups -OCH3 is 1. The van der Waals surface area contributed by atoms with Crippen LogP contribution in [0.1, 0.15) is 20.9 Å². The summed E-state index contributed by atoms with van der Waals surface area (Å²) in [4.78, 5) is 6.95. The van der Waals surface area contributed by atoms with E-state index in [0.717, 1.165) is 37.8 Å². The Morgan fingerprint density at radius 1 is 1.10 bits per heavy atom. The highest BCUT2D eigenvalue weighted by Crippen LogP contribution is 2.40. The quantitative estimate of drug-likeness (QED) is 0.213. The first-order valence-electron chi connectivity index (χ1n) is 9.35. The number of benzene rings is 2. The van der Waals surface area contributed by atoms with Gasteiger partial charge in [0.15, 0.2) is 5.13 Å². The number of anilines is 2. The average molecular weight is 594 g/mol. The maximum Gasteiger partial charge on any atom is 0.201 e. The van der Waals surface area contributed by atoms with Gasteiger partial charge in [0, 0.05) is 26.0 Å². The van der Waals surface area contributed by atoms with Gasteiger partial charge in [-0.05, 0) is 78.1 Å². The topological polar surface area (TPSA) is 34.1 Å². The molecule has 0 aliphatic heterocycles. The smallest absolute Gasteiger partial charge is 0.201 e. The lowest BCUT2D eigenvalue weighted by Crippen LogP contribution is -1.95. The van der Waals surface area contributed by atoms with E-state index >= 15 is 0 Å². The number of aryl methyl sites for hydroxylation is 1. The van der Waals surface area contributed by atoms with Gasteiger partial charge in [0.25, 0.3) is 0 Å². The normalized spacial score (nSPS) is 11.5. The van der Waals surface area contributed by atoms with E-state index in [4.69, 9.17) is 21.9 Å². The number of halogens is 2. The van der Waals surface area contributed by atoms with Gasteiger partial charge in [-0.15, -0.1) is 39.7 Å². The SMILES string of the molecule is Br.COC(=S)c1cc(-c2csc(Nc3ccc4c(c3)Cc3cc(Br)ccc3-4)n2)c(C)s1. The van der Waals surface area contributed by atoms with Crippen LogP contribution in [0.15, 0.2) is 52.3 Å². The minimum Gasteiger partial charge on any atom is -0.486 e. The van der Waals surface area contributed by atoms with Gasteiger partial charge in [-0.25, -0.2) is 4.98 Å². The molecular formula is C23H18Br2N2OS3. The predicted octanol–water partition coefficient (Wildman–Crippen LogP) is 8.16. The van der Waals surface area contributed by atoms with Crippen LogP contribution in [0.3, 0.4) is 0 Å². The molecule has 0 bridgehead atoms. The molecule has 31 heavy (non-hydrogen) atoms. The first-order valence-corrected chi connectivity index (χ1v) is 12.2. The lowest BCUT2D eigenvalue weighted by atomic mass is 10.1. The molecule has 0 spiro atoms. The monoisotopic (exact) mass is 592 g/mol. The third kappa shape index (κ3) is 4.36. The van der Waals surface area contributed by atoms with Crippen LogP contribution in [0.25, 0.3) is 22.4 Å². The second-order valence-electron chi connectivity index (χ2n) is 7.09.